The summed E-state index contributed by atoms with van der Waals surface area (Å²) >= 11 is 0. The summed E-state index contributed by atoms with van der Waals surface area (Å²) < 4.78 is 24.3. The Balaban J connectivity index is 1.11. The van der Waals surface area contributed by atoms with Gasteiger partial charge >= 0.3 is 0 Å². The molecule has 0 bridgehead atoms. The van der Waals surface area contributed by atoms with Crippen molar-refractivity contribution in [3.05, 3.63) is 0 Å². The van der Waals surface area contributed by atoms with Crippen LogP contribution in [0.2, 0.25) is 0 Å². The molecule has 9 N–H and O–H groups in total. The van der Waals surface area contributed by atoms with Crippen molar-refractivity contribution in [1.29, 1.82) is 0 Å². The monoisotopic (exact) mass is 798 g/mol. The number of hydrogen-bond donors (Lipinski definition) is 9. The van der Waals surface area contributed by atoms with Crippen molar-refractivity contribution in [2.24, 2.45) is 56.7 Å². The quantitative estimate of drug-likeness (QED) is 0.133. The molecule has 7 rings (SSSR count). The Bertz CT molecular complexity index is 1440. The first-order valence-corrected chi connectivity index (χ1v) is 21.3. The smallest absolute Gasteiger partial charge is 0.187 e. The van der Waals surface area contributed by atoms with E-state index < -0.39 is 98.4 Å². The zero-order valence-corrected chi connectivity index (χ0v) is 34.2. The van der Waals surface area contributed by atoms with E-state index in [0.29, 0.717) is 25.7 Å². The van der Waals surface area contributed by atoms with Gasteiger partial charge in [-0.25, -0.2) is 0 Å². The number of aliphatic hydroxyl groups excluding tert-OH is 9. The molecule has 0 amide bonds. The molecule has 5 aliphatic carbocycles. The lowest BCUT2D eigenvalue weighted by molar-refractivity contribution is -0.377. The van der Waals surface area contributed by atoms with Crippen molar-refractivity contribution in [3.8, 4) is 0 Å². The molecule has 5 saturated carbocycles. The van der Waals surface area contributed by atoms with Gasteiger partial charge in [0.2, 0.25) is 0 Å². The summed E-state index contributed by atoms with van der Waals surface area (Å²) in [6.07, 6.45) is -10.1. The van der Waals surface area contributed by atoms with E-state index >= 15 is 0 Å². The van der Waals surface area contributed by atoms with E-state index in [9.17, 15) is 50.8 Å². The summed E-state index contributed by atoms with van der Waals surface area (Å²) in [6, 6.07) is 0. The van der Waals surface area contributed by atoms with Crippen LogP contribution in [0.5, 0.6) is 0 Å². The second-order valence-corrected chi connectivity index (χ2v) is 20.5. The largest absolute Gasteiger partial charge is 0.394 e. The van der Waals surface area contributed by atoms with E-state index in [-0.39, 0.29) is 57.0 Å². The van der Waals surface area contributed by atoms with Crippen molar-refractivity contribution < 1.29 is 69.7 Å². The molecule has 2 saturated heterocycles. The van der Waals surface area contributed by atoms with Gasteiger partial charge in [-0.2, -0.15) is 0 Å². The van der Waals surface area contributed by atoms with Crippen molar-refractivity contribution in [2.75, 3.05) is 13.2 Å². The van der Waals surface area contributed by atoms with E-state index in [0.717, 1.165) is 32.1 Å². The Kier molecular flexibility index (Phi) is 11.5. The van der Waals surface area contributed by atoms with Crippen LogP contribution >= 0.6 is 0 Å². The molecular weight excluding hydrogens is 728 g/mol. The van der Waals surface area contributed by atoms with Gasteiger partial charge in [0.25, 0.3) is 0 Å². The maximum atomic E-state index is 12.6. The van der Waals surface area contributed by atoms with Crippen LogP contribution in [0.4, 0.5) is 0 Å². The molecule has 21 atom stereocenters. The minimum atomic E-state index is -1.76. The van der Waals surface area contributed by atoms with Crippen molar-refractivity contribution >= 4 is 5.78 Å². The third kappa shape index (κ3) is 6.16. The van der Waals surface area contributed by atoms with Crippen molar-refractivity contribution in [3.63, 3.8) is 0 Å². The molecule has 7 fully saturated rings. The molecule has 2 aliphatic heterocycles. The molecule has 56 heavy (non-hydrogen) atoms. The number of Topliss-reactive ketones (excluding diaryl/α,β-unsaturated/α-hetero) is 1. The highest BCUT2D eigenvalue weighted by atomic mass is 16.8. The highest BCUT2D eigenvalue weighted by molar-refractivity contribution is 5.80. The van der Waals surface area contributed by atoms with Crippen LogP contribution < -0.4 is 0 Å². The van der Waals surface area contributed by atoms with Crippen LogP contribution in [-0.4, -0.2) is 145 Å². The van der Waals surface area contributed by atoms with Gasteiger partial charge in [0.05, 0.1) is 31.5 Å². The first kappa shape index (κ1) is 43.2. The molecule has 322 valence electrons. The summed E-state index contributed by atoms with van der Waals surface area (Å²) in [4.78, 5) is 12.6. The van der Waals surface area contributed by atoms with Crippen molar-refractivity contribution in [1.82, 2.24) is 0 Å². The first-order valence-electron chi connectivity index (χ1n) is 21.3. The lowest BCUT2D eigenvalue weighted by atomic mass is 9.41. The molecular formula is C42H70O14. The highest BCUT2D eigenvalue weighted by Gasteiger charge is 2.85. The number of ketones is 1. The van der Waals surface area contributed by atoms with Crippen LogP contribution in [0.25, 0.3) is 0 Å². The number of aliphatic hydroxyl groups is 9. The van der Waals surface area contributed by atoms with E-state index in [4.69, 9.17) is 18.9 Å². The summed E-state index contributed by atoms with van der Waals surface area (Å²) in [7, 11) is 0. The van der Waals surface area contributed by atoms with Gasteiger partial charge in [0.15, 0.2) is 12.6 Å². The molecule has 14 nitrogen and oxygen atoms in total. The van der Waals surface area contributed by atoms with E-state index in [1.165, 1.54) is 0 Å². The number of carbonyl (C=O) groups excluding carboxylic acids is 1. The number of ether oxygens (including phenoxy) is 4. The molecule has 2 spiro atoms. The van der Waals surface area contributed by atoms with Crippen molar-refractivity contribution in [2.45, 2.75) is 186 Å². The van der Waals surface area contributed by atoms with Crippen LogP contribution in [0.15, 0.2) is 0 Å². The molecule has 0 aromatic rings. The molecule has 0 aromatic heterocycles. The minimum Gasteiger partial charge on any atom is -0.394 e. The number of hydrogen-bond acceptors (Lipinski definition) is 14. The summed E-state index contributed by atoms with van der Waals surface area (Å²) in [5.41, 5.74) is -1.38. The summed E-state index contributed by atoms with van der Waals surface area (Å²) in [5.74, 6) is 0.729. The standard InChI is InChI=1S/C42H70O14/c1-19(2)21(45)9-8-20(3)29-22(46)14-39(6)26-11-10-25-38(4,5)28(12-13-41(25)18-42(26,41)27(47)15-40(29,39)7)55-37-35(33(51)31(49)24(17-44)54-37)56-36-34(52)32(50)30(48)23(16-43)53-36/h19-20,22-37,43-44,46-52H,8-18H2,1-7H3/t20-,22+,23-,24-,25+,26+,27-,28+,29+,30-,31-,32+,33+,34-,35-,36+,37+,39+,40-,41-,42+/m1/s1. The van der Waals surface area contributed by atoms with Gasteiger partial charge in [-0.1, -0.05) is 48.5 Å². The zero-order chi connectivity index (χ0) is 41.1. The maximum Gasteiger partial charge on any atom is 0.187 e. The van der Waals surface area contributed by atoms with Gasteiger partial charge in [0, 0.05) is 17.8 Å². The Labute approximate surface area is 330 Å². The van der Waals surface area contributed by atoms with Gasteiger partial charge < -0.3 is 64.9 Å². The lowest BCUT2D eigenvalue weighted by Crippen LogP contribution is -2.66. The molecule has 7 aliphatic rings. The first-order chi connectivity index (χ1) is 26.2. The average molecular weight is 799 g/mol. The fourth-order valence-corrected chi connectivity index (χ4v) is 14.4. The zero-order valence-electron chi connectivity index (χ0n) is 34.2. The van der Waals surface area contributed by atoms with E-state index in [1.807, 2.05) is 13.8 Å². The number of fused-ring (bicyclic) bond motifs is 2. The molecule has 14 heteroatoms. The molecule has 0 unspecified atom stereocenters. The SMILES string of the molecule is CC(C)C(=O)CC[C@@H](C)[C@H]1[C@@H](O)C[C@@]2(C)[C@@H]3CC[C@H]4C(C)(C)[C@@H](O[C@@H]5O[C@H](CO)[C@@H](O)[C@H](O)[C@H]5O[C@@H]5O[C@H](CO)[C@@H](O)[C@H](O)[C@H]5O)CC[C@@]45C[C@@]35[C@H](O)C[C@]12C. The van der Waals surface area contributed by atoms with E-state index in [2.05, 4.69) is 34.6 Å². The third-order valence-corrected chi connectivity index (χ3v) is 17.5. The van der Waals surface area contributed by atoms with Gasteiger partial charge in [-0.3, -0.25) is 4.79 Å². The fraction of sp³-hybridized carbons (Fsp3) is 0.976. The van der Waals surface area contributed by atoms with E-state index in [1.54, 1.807) is 0 Å². The highest BCUT2D eigenvalue weighted by Crippen LogP contribution is 2.89. The molecule has 0 aromatic carbocycles. The second kappa shape index (κ2) is 15.0. The number of carbonyl (C=O) groups is 1. The van der Waals surface area contributed by atoms with Crippen LogP contribution in [0.3, 0.4) is 0 Å². The maximum absolute atomic E-state index is 12.6. The van der Waals surface area contributed by atoms with Crippen LogP contribution in [0.1, 0.15) is 106 Å². The van der Waals surface area contributed by atoms with Crippen LogP contribution in [-0.2, 0) is 23.7 Å². The molecule has 0 radical (unpaired) electrons. The predicted octanol–water partition coefficient (Wildman–Crippen LogP) is 1.02. The lowest BCUT2D eigenvalue weighted by Gasteiger charge is -2.64. The number of rotatable bonds is 11. The average Bonchev–Trinajstić information content (AvgIpc) is 3.78. The Morgan fingerprint density at radius 2 is 1.34 bits per heavy atom. The third-order valence-electron chi connectivity index (χ3n) is 17.5. The predicted molar refractivity (Wildman–Crippen MR) is 199 cm³/mol. The van der Waals surface area contributed by atoms with Gasteiger partial charge in [-0.05, 0) is 96.7 Å². The Morgan fingerprint density at radius 3 is 1.96 bits per heavy atom. The molecule has 2 heterocycles. The normalized spacial score (nSPS) is 54.1. The topological polar surface area (TPSA) is 236 Å². The van der Waals surface area contributed by atoms with Gasteiger partial charge in [-0.15, -0.1) is 0 Å². The van der Waals surface area contributed by atoms with Gasteiger partial charge in [0.1, 0.15) is 54.6 Å². The fourth-order valence-electron chi connectivity index (χ4n) is 14.4. The Morgan fingerprint density at radius 1 is 0.732 bits per heavy atom. The Hall–Kier alpha value is -0.850. The summed E-state index contributed by atoms with van der Waals surface area (Å²) in [5, 5.41) is 97.6. The second-order valence-electron chi connectivity index (χ2n) is 20.5. The van der Waals surface area contributed by atoms with Crippen LogP contribution in [0, 0.1) is 56.7 Å². The summed E-state index contributed by atoms with van der Waals surface area (Å²) in [6.45, 7) is 13.7. The minimum absolute atomic E-state index is 0.0160.